The Bertz CT molecular complexity index is 540. The van der Waals surface area contributed by atoms with E-state index in [0.717, 1.165) is 18.9 Å². The summed E-state index contributed by atoms with van der Waals surface area (Å²) in [5, 5.41) is 2.89. The molecule has 1 aliphatic rings. The number of benzene rings is 1. The zero-order valence-electron chi connectivity index (χ0n) is 13.9. The van der Waals surface area contributed by atoms with Crippen LogP contribution in [0.4, 0.5) is 18.0 Å². The van der Waals surface area contributed by atoms with Crippen molar-refractivity contribution in [1.29, 1.82) is 0 Å². The standard InChI is InChI=1S/C17H24F3N3O/c1-2-3-7-21-16(24)23-10-8-22(9-11-23)13-14-5-4-6-15(12-14)17(18,19)20/h4-6,12H,2-3,7-11,13H2,1H3,(H,21,24). The molecule has 2 amide bonds. The van der Waals surface area contributed by atoms with Gasteiger partial charge in [-0.05, 0) is 18.1 Å². The molecule has 2 rings (SSSR count). The fourth-order valence-corrected chi connectivity index (χ4v) is 2.70. The predicted octanol–water partition coefficient (Wildman–Crippen LogP) is 3.33. The molecule has 4 nitrogen and oxygen atoms in total. The molecule has 1 saturated heterocycles. The van der Waals surface area contributed by atoms with E-state index in [1.165, 1.54) is 12.1 Å². The molecule has 0 aromatic heterocycles. The number of rotatable bonds is 5. The van der Waals surface area contributed by atoms with Crippen molar-refractivity contribution >= 4 is 6.03 Å². The lowest BCUT2D eigenvalue weighted by atomic mass is 10.1. The first kappa shape index (κ1) is 18.6. The van der Waals surface area contributed by atoms with Crippen molar-refractivity contribution in [2.75, 3.05) is 32.7 Å². The van der Waals surface area contributed by atoms with Crippen LogP contribution < -0.4 is 5.32 Å². The van der Waals surface area contributed by atoms with Gasteiger partial charge in [-0.2, -0.15) is 13.2 Å². The van der Waals surface area contributed by atoms with Crippen LogP contribution in [0.5, 0.6) is 0 Å². The van der Waals surface area contributed by atoms with E-state index in [-0.39, 0.29) is 6.03 Å². The van der Waals surface area contributed by atoms with Gasteiger partial charge in [0, 0.05) is 39.3 Å². The molecule has 1 aromatic carbocycles. The number of amides is 2. The van der Waals surface area contributed by atoms with Gasteiger partial charge in [-0.3, -0.25) is 4.90 Å². The number of nitrogens with zero attached hydrogens (tertiary/aromatic N) is 2. The van der Waals surface area contributed by atoms with Crippen LogP contribution in [0.15, 0.2) is 24.3 Å². The molecule has 0 aliphatic carbocycles. The van der Waals surface area contributed by atoms with Crippen molar-refractivity contribution in [1.82, 2.24) is 15.1 Å². The number of unbranched alkanes of at least 4 members (excludes halogenated alkanes) is 1. The fraction of sp³-hybridized carbons (Fsp3) is 0.588. The van der Waals surface area contributed by atoms with Crippen molar-refractivity contribution in [2.45, 2.75) is 32.5 Å². The molecule has 1 fully saturated rings. The topological polar surface area (TPSA) is 35.6 Å². The van der Waals surface area contributed by atoms with E-state index >= 15 is 0 Å². The number of carbonyl (C=O) groups excluding carboxylic acids is 1. The Morgan fingerprint density at radius 1 is 1.21 bits per heavy atom. The monoisotopic (exact) mass is 343 g/mol. The minimum Gasteiger partial charge on any atom is -0.338 e. The maximum absolute atomic E-state index is 12.7. The van der Waals surface area contributed by atoms with Crippen LogP contribution in [0.25, 0.3) is 0 Å². The van der Waals surface area contributed by atoms with Crippen molar-refractivity contribution in [3.8, 4) is 0 Å². The molecule has 24 heavy (non-hydrogen) atoms. The molecule has 0 radical (unpaired) electrons. The highest BCUT2D eigenvalue weighted by molar-refractivity contribution is 5.74. The average Bonchev–Trinajstić information content (AvgIpc) is 2.55. The number of urea groups is 1. The van der Waals surface area contributed by atoms with Crippen LogP contribution in [-0.2, 0) is 12.7 Å². The SMILES string of the molecule is CCCCNC(=O)N1CCN(Cc2cccc(C(F)(F)F)c2)CC1. The second-order valence-electron chi connectivity index (χ2n) is 6.05. The molecule has 0 spiro atoms. The van der Waals surface area contributed by atoms with Gasteiger partial charge in [-0.15, -0.1) is 0 Å². The zero-order valence-corrected chi connectivity index (χ0v) is 13.9. The number of carbonyl (C=O) groups is 1. The molecular formula is C17H24F3N3O. The fourth-order valence-electron chi connectivity index (χ4n) is 2.70. The lowest BCUT2D eigenvalue weighted by Gasteiger charge is -2.34. The minimum atomic E-state index is -4.31. The molecule has 1 N–H and O–H groups in total. The van der Waals surface area contributed by atoms with Crippen molar-refractivity contribution in [3.63, 3.8) is 0 Å². The van der Waals surface area contributed by atoms with Crippen molar-refractivity contribution in [3.05, 3.63) is 35.4 Å². The third-order valence-electron chi connectivity index (χ3n) is 4.13. The van der Waals surface area contributed by atoms with E-state index in [2.05, 4.69) is 17.1 Å². The maximum atomic E-state index is 12.7. The van der Waals surface area contributed by atoms with E-state index in [0.29, 0.717) is 44.8 Å². The molecular weight excluding hydrogens is 319 g/mol. The van der Waals surface area contributed by atoms with Crippen molar-refractivity contribution < 1.29 is 18.0 Å². The molecule has 134 valence electrons. The van der Waals surface area contributed by atoms with Crippen molar-refractivity contribution in [2.24, 2.45) is 0 Å². The molecule has 0 atom stereocenters. The first-order valence-corrected chi connectivity index (χ1v) is 8.31. The van der Waals surface area contributed by atoms with Crippen LogP contribution in [0, 0.1) is 0 Å². The van der Waals surface area contributed by atoms with Gasteiger partial charge in [0.15, 0.2) is 0 Å². The first-order chi connectivity index (χ1) is 11.4. The van der Waals surface area contributed by atoms with E-state index in [4.69, 9.17) is 0 Å². The predicted molar refractivity (Wildman–Crippen MR) is 86.6 cm³/mol. The Kier molecular flexibility index (Phi) is 6.48. The zero-order chi connectivity index (χ0) is 17.6. The summed E-state index contributed by atoms with van der Waals surface area (Å²) in [7, 11) is 0. The summed E-state index contributed by atoms with van der Waals surface area (Å²) in [6, 6.07) is 5.38. The van der Waals surface area contributed by atoms with Gasteiger partial charge < -0.3 is 10.2 Å². The molecule has 1 heterocycles. The summed E-state index contributed by atoms with van der Waals surface area (Å²) >= 11 is 0. The summed E-state index contributed by atoms with van der Waals surface area (Å²) in [6.07, 6.45) is -2.32. The third kappa shape index (κ3) is 5.40. The highest BCUT2D eigenvalue weighted by Gasteiger charge is 2.30. The van der Waals surface area contributed by atoms with Gasteiger partial charge in [0.05, 0.1) is 5.56 Å². The molecule has 1 aliphatic heterocycles. The Morgan fingerprint density at radius 2 is 1.92 bits per heavy atom. The largest absolute Gasteiger partial charge is 0.416 e. The lowest BCUT2D eigenvalue weighted by Crippen LogP contribution is -2.51. The van der Waals surface area contributed by atoms with Gasteiger partial charge in [-0.1, -0.05) is 31.5 Å². The second kappa shape index (κ2) is 8.37. The summed E-state index contributed by atoms with van der Waals surface area (Å²) < 4.78 is 38.2. The smallest absolute Gasteiger partial charge is 0.338 e. The van der Waals surface area contributed by atoms with Crippen LogP contribution in [-0.4, -0.2) is 48.6 Å². The number of alkyl halides is 3. The highest BCUT2D eigenvalue weighted by atomic mass is 19.4. The molecule has 7 heteroatoms. The second-order valence-corrected chi connectivity index (χ2v) is 6.05. The summed E-state index contributed by atoms with van der Waals surface area (Å²) in [6.45, 7) is 5.73. The Hall–Kier alpha value is -1.76. The summed E-state index contributed by atoms with van der Waals surface area (Å²) in [4.78, 5) is 15.8. The number of hydrogen-bond donors (Lipinski definition) is 1. The van der Waals surface area contributed by atoms with Gasteiger partial charge >= 0.3 is 12.2 Å². The quantitative estimate of drug-likeness (QED) is 0.833. The number of hydrogen-bond acceptors (Lipinski definition) is 2. The van der Waals surface area contributed by atoms with E-state index in [9.17, 15) is 18.0 Å². The minimum absolute atomic E-state index is 0.0535. The van der Waals surface area contributed by atoms with Gasteiger partial charge in [0.25, 0.3) is 0 Å². The van der Waals surface area contributed by atoms with E-state index in [1.54, 1.807) is 11.0 Å². The first-order valence-electron chi connectivity index (χ1n) is 8.31. The number of nitrogens with one attached hydrogen (secondary N) is 1. The Balaban J connectivity index is 1.82. The van der Waals surface area contributed by atoms with E-state index in [1.807, 2.05) is 0 Å². The summed E-state index contributed by atoms with van der Waals surface area (Å²) in [5.74, 6) is 0. The van der Waals surface area contributed by atoms with Crippen LogP contribution in [0.3, 0.4) is 0 Å². The van der Waals surface area contributed by atoms with Gasteiger partial charge in [-0.25, -0.2) is 4.79 Å². The van der Waals surface area contributed by atoms with E-state index < -0.39 is 11.7 Å². The normalized spacial score (nSPS) is 16.2. The van der Waals surface area contributed by atoms with Gasteiger partial charge in [0.2, 0.25) is 0 Å². The van der Waals surface area contributed by atoms with Crippen LogP contribution in [0.2, 0.25) is 0 Å². The summed E-state index contributed by atoms with van der Waals surface area (Å²) in [5.41, 5.74) is 0.0274. The Morgan fingerprint density at radius 3 is 2.54 bits per heavy atom. The lowest BCUT2D eigenvalue weighted by molar-refractivity contribution is -0.137. The molecule has 0 unspecified atom stereocenters. The highest BCUT2D eigenvalue weighted by Crippen LogP contribution is 2.29. The van der Waals surface area contributed by atoms with Crippen LogP contribution >= 0.6 is 0 Å². The third-order valence-corrected chi connectivity index (χ3v) is 4.13. The average molecular weight is 343 g/mol. The van der Waals surface area contributed by atoms with Crippen LogP contribution in [0.1, 0.15) is 30.9 Å². The maximum Gasteiger partial charge on any atom is 0.416 e. The molecule has 0 bridgehead atoms. The number of halogens is 3. The molecule has 0 saturated carbocycles. The molecule has 1 aromatic rings. The Labute approximate surface area is 140 Å². The van der Waals surface area contributed by atoms with Gasteiger partial charge in [0.1, 0.15) is 0 Å². The number of piperazine rings is 1.